The smallest absolute Gasteiger partial charge is 0.286 e. The van der Waals surface area contributed by atoms with Crippen molar-refractivity contribution in [1.82, 2.24) is 4.98 Å². The first kappa shape index (κ1) is 15.3. The van der Waals surface area contributed by atoms with E-state index in [-0.39, 0.29) is 27.2 Å². The van der Waals surface area contributed by atoms with Crippen LogP contribution in [-0.4, -0.2) is 16.8 Å². The number of hydrogen-bond donors (Lipinski definition) is 2. The molecule has 0 bridgehead atoms. The molecule has 2 amide bonds. The maximum Gasteiger partial charge on any atom is 0.286 e. The number of hydrogen-bond acceptors (Lipinski definition) is 4. The molecule has 116 valence electrons. The Morgan fingerprint density at radius 3 is 2.65 bits per heavy atom. The van der Waals surface area contributed by atoms with Gasteiger partial charge < -0.3 is 15.5 Å². The van der Waals surface area contributed by atoms with Crippen LogP contribution in [0, 0.1) is 0 Å². The zero-order valence-electron chi connectivity index (χ0n) is 11.5. The molecular formula is C15H9Cl2N3O3. The molecule has 6 nitrogen and oxygen atoms in total. The van der Waals surface area contributed by atoms with Crippen LogP contribution >= 0.6 is 23.2 Å². The lowest BCUT2D eigenvalue weighted by Gasteiger charge is -2.05. The van der Waals surface area contributed by atoms with E-state index in [1.807, 2.05) is 0 Å². The number of carbonyl (C=O) groups is 2. The molecule has 1 aromatic carbocycles. The Morgan fingerprint density at radius 2 is 1.96 bits per heavy atom. The van der Waals surface area contributed by atoms with Gasteiger partial charge in [-0.05, 0) is 18.2 Å². The van der Waals surface area contributed by atoms with E-state index in [4.69, 9.17) is 33.4 Å². The largest absolute Gasteiger partial charge is 0.449 e. The molecule has 0 aliphatic carbocycles. The fourth-order valence-electron chi connectivity index (χ4n) is 2.07. The number of carbonyl (C=O) groups excluding carboxylic acids is 2. The summed E-state index contributed by atoms with van der Waals surface area (Å²) in [6.07, 6.45) is 1.27. The third-order valence-corrected chi connectivity index (χ3v) is 3.80. The Balaban J connectivity index is 2.03. The molecule has 8 heteroatoms. The zero-order chi connectivity index (χ0) is 16.6. The summed E-state index contributed by atoms with van der Waals surface area (Å²) in [4.78, 5) is 27.7. The quantitative estimate of drug-likeness (QED) is 0.707. The van der Waals surface area contributed by atoms with Gasteiger partial charge in [0.25, 0.3) is 11.8 Å². The highest BCUT2D eigenvalue weighted by Crippen LogP contribution is 2.31. The molecule has 2 heterocycles. The Kier molecular flexibility index (Phi) is 3.94. The van der Waals surface area contributed by atoms with Crippen molar-refractivity contribution in [2.75, 3.05) is 5.32 Å². The van der Waals surface area contributed by atoms with Gasteiger partial charge in [0.2, 0.25) is 5.76 Å². The third kappa shape index (κ3) is 2.86. The first-order chi connectivity index (χ1) is 11.0. The number of aromatic nitrogens is 1. The van der Waals surface area contributed by atoms with Crippen molar-refractivity contribution in [3.63, 3.8) is 0 Å². The van der Waals surface area contributed by atoms with Crippen LogP contribution in [0.2, 0.25) is 10.2 Å². The van der Waals surface area contributed by atoms with Crippen LogP contribution in [0.4, 0.5) is 5.69 Å². The summed E-state index contributed by atoms with van der Waals surface area (Å²) in [5.74, 6) is -1.44. The molecule has 0 aliphatic rings. The van der Waals surface area contributed by atoms with Crippen molar-refractivity contribution in [3.05, 3.63) is 58.0 Å². The predicted molar refractivity (Wildman–Crippen MR) is 86.9 cm³/mol. The van der Waals surface area contributed by atoms with Gasteiger partial charge in [-0.25, -0.2) is 4.98 Å². The van der Waals surface area contributed by atoms with Gasteiger partial charge in [-0.3, -0.25) is 9.59 Å². The predicted octanol–water partition coefficient (Wildman–Crippen LogP) is 3.49. The van der Waals surface area contributed by atoms with E-state index in [0.717, 1.165) is 0 Å². The van der Waals surface area contributed by atoms with E-state index in [2.05, 4.69) is 10.3 Å². The molecule has 0 aliphatic heterocycles. The Morgan fingerprint density at radius 1 is 1.22 bits per heavy atom. The lowest BCUT2D eigenvalue weighted by atomic mass is 10.2. The number of rotatable bonds is 3. The molecule has 0 radical (unpaired) electrons. The van der Waals surface area contributed by atoms with E-state index < -0.39 is 11.8 Å². The number of pyridine rings is 1. The van der Waals surface area contributed by atoms with Crippen molar-refractivity contribution in [2.24, 2.45) is 5.73 Å². The van der Waals surface area contributed by atoms with Crippen LogP contribution in [-0.2, 0) is 0 Å². The summed E-state index contributed by atoms with van der Waals surface area (Å²) in [5.41, 5.74) is 6.12. The second-order valence-electron chi connectivity index (χ2n) is 4.62. The number of amides is 2. The molecule has 0 atom stereocenters. The molecule has 0 saturated carbocycles. The average Bonchev–Trinajstić information content (AvgIpc) is 2.89. The van der Waals surface area contributed by atoms with E-state index in [9.17, 15) is 9.59 Å². The highest BCUT2D eigenvalue weighted by Gasteiger charge is 2.21. The monoisotopic (exact) mass is 349 g/mol. The summed E-state index contributed by atoms with van der Waals surface area (Å²) in [7, 11) is 0. The minimum atomic E-state index is -0.788. The normalized spacial score (nSPS) is 10.7. The number of nitrogens with zero attached hydrogens (tertiary/aromatic N) is 1. The summed E-state index contributed by atoms with van der Waals surface area (Å²) in [6.45, 7) is 0. The summed E-state index contributed by atoms with van der Waals surface area (Å²) >= 11 is 11.6. The van der Waals surface area contributed by atoms with Gasteiger partial charge in [0.05, 0.1) is 10.6 Å². The lowest BCUT2D eigenvalue weighted by Crippen LogP contribution is -2.17. The van der Waals surface area contributed by atoms with Gasteiger partial charge in [0.15, 0.2) is 0 Å². The van der Waals surface area contributed by atoms with Gasteiger partial charge in [0.1, 0.15) is 16.4 Å². The van der Waals surface area contributed by atoms with Crippen LogP contribution in [0.15, 0.2) is 40.9 Å². The second kappa shape index (κ2) is 5.91. The van der Waals surface area contributed by atoms with Crippen molar-refractivity contribution in [3.8, 4) is 0 Å². The molecule has 3 aromatic rings. The fraction of sp³-hybridized carbons (Fsp3) is 0. The maximum absolute atomic E-state index is 12.3. The number of anilines is 1. The first-order valence-electron chi connectivity index (χ1n) is 6.41. The Hall–Kier alpha value is -2.57. The van der Waals surface area contributed by atoms with Crippen molar-refractivity contribution < 1.29 is 14.0 Å². The van der Waals surface area contributed by atoms with E-state index in [1.54, 1.807) is 24.3 Å². The number of nitrogens with one attached hydrogen (secondary N) is 1. The van der Waals surface area contributed by atoms with Gasteiger partial charge in [-0.15, -0.1) is 0 Å². The maximum atomic E-state index is 12.3. The van der Waals surface area contributed by atoms with Crippen LogP contribution in [0.5, 0.6) is 0 Å². The molecule has 3 N–H and O–H groups in total. The number of fused-ring (bicyclic) bond motifs is 1. The van der Waals surface area contributed by atoms with Gasteiger partial charge >= 0.3 is 0 Å². The van der Waals surface area contributed by atoms with Crippen molar-refractivity contribution in [2.45, 2.75) is 0 Å². The summed E-state index contributed by atoms with van der Waals surface area (Å²) in [6, 6.07) is 8.23. The first-order valence-corrected chi connectivity index (χ1v) is 7.16. The standard InChI is InChI=1S/C15H9Cl2N3O3/c16-9-5-7(6-19-13(9)17)15(22)20-11-8-3-1-2-4-10(8)23-12(11)14(18)21/h1-6H,(H2,18,21)(H,20,22). The highest BCUT2D eigenvalue weighted by molar-refractivity contribution is 6.41. The number of furan rings is 1. The topological polar surface area (TPSA) is 98.2 Å². The minimum Gasteiger partial charge on any atom is -0.449 e. The number of para-hydroxylation sites is 1. The van der Waals surface area contributed by atoms with Crippen LogP contribution in [0.1, 0.15) is 20.9 Å². The summed E-state index contributed by atoms with van der Waals surface area (Å²) < 4.78 is 5.39. The second-order valence-corrected chi connectivity index (χ2v) is 5.38. The van der Waals surface area contributed by atoms with Crippen LogP contribution in [0.25, 0.3) is 11.0 Å². The number of halogens is 2. The lowest BCUT2D eigenvalue weighted by molar-refractivity contribution is 0.0977. The van der Waals surface area contributed by atoms with Crippen LogP contribution < -0.4 is 11.1 Å². The van der Waals surface area contributed by atoms with Crippen LogP contribution in [0.3, 0.4) is 0 Å². The molecule has 0 saturated heterocycles. The third-order valence-electron chi connectivity index (χ3n) is 3.12. The van der Waals surface area contributed by atoms with Gasteiger partial charge in [-0.1, -0.05) is 35.3 Å². The molecule has 3 rings (SSSR count). The summed E-state index contributed by atoms with van der Waals surface area (Å²) in [5, 5.41) is 3.40. The highest BCUT2D eigenvalue weighted by atomic mass is 35.5. The minimum absolute atomic E-state index is 0.0924. The van der Waals surface area contributed by atoms with Gasteiger partial charge in [-0.2, -0.15) is 0 Å². The van der Waals surface area contributed by atoms with E-state index in [1.165, 1.54) is 12.3 Å². The fourth-order valence-corrected chi connectivity index (χ4v) is 2.34. The molecule has 0 spiro atoms. The number of benzene rings is 1. The zero-order valence-corrected chi connectivity index (χ0v) is 13.0. The number of primary amides is 1. The molecule has 2 aromatic heterocycles. The SMILES string of the molecule is NC(=O)c1oc2ccccc2c1NC(=O)c1cnc(Cl)c(Cl)c1. The Labute approximate surface area is 140 Å². The number of nitrogens with two attached hydrogens (primary N) is 1. The average molecular weight is 350 g/mol. The molecular weight excluding hydrogens is 341 g/mol. The van der Waals surface area contributed by atoms with Crippen molar-refractivity contribution in [1.29, 1.82) is 0 Å². The molecule has 0 fully saturated rings. The Bertz CT molecular complexity index is 937. The van der Waals surface area contributed by atoms with Crippen molar-refractivity contribution >= 4 is 51.7 Å². The van der Waals surface area contributed by atoms with Gasteiger partial charge in [0, 0.05) is 11.6 Å². The van der Waals surface area contributed by atoms with E-state index >= 15 is 0 Å². The molecule has 23 heavy (non-hydrogen) atoms. The van der Waals surface area contributed by atoms with E-state index in [0.29, 0.717) is 11.0 Å². The molecule has 0 unspecified atom stereocenters.